The second-order valence-corrected chi connectivity index (χ2v) is 9.83. The van der Waals surface area contributed by atoms with Crippen molar-refractivity contribution >= 4 is 21.9 Å². The number of nitrogens with one attached hydrogen (secondary N) is 2. The van der Waals surface area contributed by atoms with Crippen molar-refractivity contribution in [2.45, 2.75) is 69.2 Å². The van der Waals surface area contributed by atoms with Gasteiger partial charge in [0.1, 0.15) is 6.54 Å². The van der Waals surface area contributed by atoms with Gasteiger partial charge in [-0.15, -0.1) is 0 Å². The Bertz CT molecular complexity index is 853. The number of carbonyl (C=O) groups excluding carboxylic acids is 2. The minimum atomic E-state index is -3.81. The summed E-state index contributed by atoms with van der Waals surface area (Å²) in [4.78, 5) is 24.0. The summed E-state index contributed by atoms with van der Waals surface area (Å²) in [6, 6.07) is 5.20. The smallest absolute Gasteiger partial charge is 0.321 e. The first-order valence-electron chi connectivity index (χ1n) is 10.4. The zero-order valence-corrected chi connectivity index (χ0v) is 17.7. The van der Waals surface area contributed by atoms with E-state index in [1.54, 1.807) is 12.1 Å². The molecule has 1 amide bonds. The Morgan fingerprint density at radius 2 is 1.79 bits per heavy atom. The number of carbonyl (C=O) groups is 2. The minimum absolute atomic E-state index is 0.109. The number of ether oxygens (including phenoxy) is 1. The van der Waals surface area contributed by atoms with Gasteiger partial charge in [-0.2, -0.15) is 4.72 Å². The third kappa shape index (κ3) is 6.02. The summed E-state index contributed by atoms with van der Waals surface area (Å²) in [6.45, 7) is 1.20. The lowest BCUT2D eigenvalue weighted by Crippen LogP contribution is -2.43. The number of esters is 1. The van der Waals surface area contributed by atoms with Crippen molar-refractivity contribution in [2.75, 3.05) is 13.2 Å². The highest BCUT2D eigenvalue weighted by Crippen LogP contribution is 2.24. The van der Waals surface area contributed by atoms with E-state index in [2.05, 4.69) is 17.0 Å². The summed E-state index contributed by atoms with van der Waals surface area (Å²) < 4.78 is 32.1. The van der Waals surface area contributed by atoms with Crippen molar-refractivity contribution < 1.29 is 22.7 Å². The van der Waals surface area contributed by atoms with E-state index in [0.717, 1.165) is 50.5 Å². The molecule has 8 heteroatoms. The summed E-state index contributed by atoms with van der Waals surface area (Å²) in [7, 11) is -3.81. The topological polar surface area (TPSA) is 102 Å². The van der Waals surface area contributed by atoms with Gasteiger partial charge in [-0.05, 0) is 67.7 Å². The molecule has 0 radical (unpaired) electrons. The van der Waals surface area contributed by atoms with Gasteiger partial charge >= 0.3 is 5.97 Å². The molecule has 1 fully saturated rings. The molecule has 0 saturated heterocycles. The van der Waals surface area contributed by atoms with Crippen LogP contribution in [0, 0.1) is 5.92 Å². The number of rotatable bonds is 7. The molecule has 7 nitrogen and oxygen atoms in total. The molecule has 2 aliphatic carbocycles. The fraction of sp³-hybridized carbons (Fsp3) is 0.619. The fourth-order valence-electron chi connectivity index (χ4n) is 4.09. The quantitative estimate of drug-likeness (QED) is 0.655. The predicted octanol–water partition coefficient (Wildman–Crippen LogP) is 2.08. The molecule has 0 aromatic heterocycles. The van der Waals surface area contributed by atoms with E-state index in [4.69, 9.17) is 4.74 Å². The second-order valence-electron chi connectivity index (χ2n) is 8.06. The first-order valence-corrected chi connectivity index (χ1v) is 11.9. The number of hydrogen-bond donors (Lipinski definition) is 2. The van der Waals surface area contributed by atoms with Crippen LogP contribution in [0.15, 0.2) is 23.1 Å². The maximum absolute atomic E-state index is 12.5. The van der Waals surface area contributed by atoms with Crippen molar-refractivity contribution in [1.29, 1.82) is 0 Å². The van der Waals surface area contributed by atoms with Gasteiger partial charge in [-0.25, -0.2) is 8.42 Å². The largest absolute Gasteiger partial charge is 0.455 e. The molecule has 3 rings (SSSR count). The van der Waals surface area contributed by atoms with E-state index in [0.29, 0.717) is 5.92 Å². The highest BCUT2D eigenvalue weighted by molar-refractivity contribution is 7.89. The molecule has 2 atom stereocenters. The average Bonchev–Trinajstić information content (AvgIpc) is 2.72. The van der Waals surface area contributed by atoms with Gasteiger partial charge in [-0.1, -0.05) is 25.8 Å². The van der Waals surface area contributed by atoms with Gasteiger partial charge in [0.25, 0.3) is 5.91 Å². The van der Waals surface area contributed by atoms with Gasteiger partial charge in [0.15, 0.2) is 6.61 Å². The van der Waals surface area contributed by atoms with E-state index in [1.165, 1.54) is 12.0 Å². The maximum atomic E-state index is 12.5. The first kappa shape index (κ1) is 21.8. The van der Waals surface area contributed by atoms with Crippen LogP contribution in [0.1, 0.15) is 56.6 Å². The Labute approximate surface area is 172 Å². The molecule has 0 aliphatic heterocycles. The summed E-state index contributed by atoms with van der Waals surface area (Å²) in [5.41, 5.74) is 2.24. The number of hydrogen-bond acceptors (Lipinski definition) is 5. The Morgan fingerprint density at radius 3 is 2.55 bits per heavy atom. The fourth-order valence-corrected chi connectivity index (χ4v) is 5.11. The average molecular weight is 423 g/mol. The predicted molar refractivity (Wildman–Crippen MR) is 109 cm³/mol. The molecular formula is C21H30N2O5S. The highest BCUT2D eigenvalue weighted by Gasteiger charge is 2.23. The SMILES string of the molecule is C[C@@H]1CCCC[C@@H]1NC(=O)COC(=O)CNS(=O)(=O)c1ccc2c(c1)CCCC2. The Hall–Kier alpha value is -1.93. The number of fused-ring (bicyclic) bond motifs is 1. The normalized spacial score (nSPS) is 21.8. The summed E-state index contributed by atoms with van der Waals surface area (Å²) in [5.74, 6) is -0.722. The van der Waals surface area contributed by atoms with Crippen molar-refractivity contribution in [3.05, 3.63) is 29.3 Å². The van der Waals surface area contributed by atoms with Crippen LogP contribution in [-0.4, -0.2) is 39.5 Å². The van der Waals surface area contributed by atoms with Crippen LogP contribution >= 0.6 is 0 Å². The summed E-state index contributed by atoms with van der Waals surface area (Å²) in [6.07, 6.45) is 8.28. The Kier molecular flexibility index (Phi) is 7.29. The van der Waals surface area contributed by atoms with Crippen LogP contribution in [0.25, 0.3) is 0 Å². The van der Waals surface area contributed by atoms with Crippen molar-refractivity contribution in [3.8, 4) is 0 Å². The lowest BCUT2D eigenvalue weighted by molar-refractivity contribution is -0.147. The molecule has 1 aromatic carbocycles. The number of amides is 1. The Morgan fingerprint density at radius 1 is 1.07 bits per heavy atom. The van der Waals surface area contributed by atoms with Crippen LogP contribution in [0.3, 0.4) is 0 Å². The monoisotopic (exact) mass is 422 g/mol. The molecule has 0 unspecified atom stereocenters. The molecule has 160 valence electrons. The van der Waals surface area contributed by atoms with Gasteiger partial charge in [0, 0.05) is 6.04 Å². The third-order valence-corrected chi connectivity index (χ3v) is 7.26. The molecule has 0 heterocycles. The molecule has 0 spiro atoms. The molecule has 0 bridgehead atoms. The standard InChI is InChI=1S/C21H30N2O5S/c1-15-6-2-5-9-19(15)23-20(24)14-28-21(25)13-22-29(26,27)18-11-10-16-7-3-4-8-17(16)12-18/h10-12,15,19,22H,2-9,13-14H2,1H3,(H,23,24)/t15-,19+/m1/s1. The highest BCUT2D eigenvalue weighted by atomic mass is 32.2. The number of benzene rings is 1. The number of sulfonamides is 1. The zero-order chi connectivity index (χ0) is 20.9. The molecule has 2 aliphatic rings. The zero-order valence-electron chi connectivity index (χ0n) is 16.9. The molecule has 29 heavy (non-hydrogen) atoms. The van der Waals surface area contributed by atoms with E-state index in [-0.39, 0.29) is 16.8 Å². The molecular weight excluding hydrogens is 392 g/mol. The van der Waals surface area contributed by atoms with Gasteiger partial charge in [0.05, 0.1) is 4.90 Å². The van der Waals surface area contributed by atoms with E-state index >= 15 is 0 Å². The van der Waals surface area contributed by atoms with Crippen LogP contribution in [0.2, 0.25) is 0 Å². The van der Waals surface area contributed by atoms with Crippen LogP contribution in [0.4, 0.5) is 0 Å². The van der Waals surface area contributed by atoms with Crippen molar-refractivity contribution in [1.82, 2.24) is 10.0 Å². The van der Waals surface area contributed by atoms with Crippen LogP contribution in [-0.2, 0) is 37.2 Å². The Balaban J connectivity index is 1.45. The van der Waals surface area contributed by atoms with E-state index < -0.39 is 29.1 Å². The van der Waals surface area contributed by atoms with Crippen molar-refractivity contribution in [3.63, 3.8) is 0 Å². The lowest BCUT2D eigenvalue weighted by atomic mass is 9.86. The number of aryl methyl sites for hydroxylation is 2. The summed E-state index contributed by atoms with van der Waals surface area (Å²) in [5, 5.41) is 2.90. The molecule has 2 N–H and O–H groups in total. The summed E-state index contributed by atoms with van der Waals surface area (Å²) >= 11 is 0. The lowest BCUT2D eigenvalue weighted by Gasteiger charge is -2.29. The van der Waals surface area contributed by atoms with Gasteiger partial charge in [0.2, 0.25) is 10.0 Å². The maximum Gasteiger partial charge on any atom is 0.321 e. The van der Waals surface area contributed by atoms with E-state index in [9.17, 15) is 18.0 Å². The second kappa shape index (κ2) is 9.71. The van der Waals surface area contributed by atoms with E-state index in [1.807, 2.05) is 6.07 Å². The van der Waals surface area contributed by atoms with Crippen LogP contribution < -0.4 is 10.0 Å². The third-order valence-electron chi connectivity index (χ3n) is 5.86. The van der Waals surface area contributed by atoms with Gasteiger partial charge in [-0.3, -0.25) is 9.59 Å². The molecule has 1 aromatic rings. The van der Waals surface area contributed by atoms with Gasteiger partial charge < -0.3 is 10.1 Å². The van der Waals surface area contributed by atoms with Crippen LogP contribution in [0.5, 0.6) is 0 Å². The first-order chi connectivity index (χ1) is 13.8. The molecule has 1 saturated carbocycles. The minimum Gasteiger partial charge on any atom is -0.455 e. The van der Waals surface area contributed by atoms with Crippen molar-refractivity contribution in [2.24, 2.45) is 5.92 Å².